The molecule has 8 heterocycles. The van der Waals surface area contributed by atoms with E-state index in [-0.39, 0.29) is 77.7 Å². The molecule has 2 aromatic rings. The van der Waals surface area contributed by atoms with E-state index in [4.69, 9.17) is 23.4 Å². The Labute approximate surface area is 519 Å². The molecular weight excluding hydrogens is 1100 g/mol. The third-order valence-corrected chi connectivity index (χ3v) is 31.6. The van der Waals surface area contributed by atoms with Gasteiger partial charge >= 0.3 is 11.9 Å². The summed E-state index contributed by atoms with van der Waals surface area (Å²) in [4.78, 5) is 52.0. The van der Waals surface area contributed by atoms with Gasteiger partial charge in [-0.25, -0.2) is 4.79 Å². The van der Waals surface area contributed by atoms with Crippen molar-refractivity contribution in [3.05, 3.63) is 83.5 Å². The fourth-order valence-corrected chi connectivity index (χ4v) is 29.1. The van der Waals surface area contributed by atoms with Gasteiger partial charge in [0.15, 0.2) is 11.9 Å². The molecule has 472 valence electrons. The summed E-state index contributed by atoms with van der Waals surface area (Å²) < 4.78 is 37.3. The second-order valence-corrected chi connectivity index (χ2v) is 33.7. The smallest absolute Gasteiger partial charge is 0.339 e. The number of rotatable bonds is 9. The SMILES string of the molecule is CC1C2CCCCC2CCC12CCCC13OC45C(=CC21)CC1CCCC12CC1CC6(C)C(c7ccoc7CC(C(O)CO)C7CCC8C(C=CN9CNCC89)C7)OC(=O)C7OC76C6(C7CCCC(Cc8ccccc8)C7)C(O)C(=O)C3C4(COC(=O)C25)C16. The van der Waals surface area contributed by atoms with Crippen LogP contribution in [0.3, 0.4) is 0 Å². The van der Waals surface area contributed by atoms with Gasteiger partial charge in [-0.3, -0.25) is 14.9 Å². The van der Waals surface area contributed by atoms with Gasteiger partial charge in [-0.2, -0.15) is 0 Å². The predicted molar refractivity (Wildman–Crippen MR) is 324 cm³/mol. The summed E-state index contributed by atoms with van der Waals surface area (Å²) >= 11 is 0. The lowest BCUT2D eigenvalue weighted by atomic mass is 9.29. The van der Waals surface area contributed by atoms with E-state index >= 15 is 14.4 Å². The maximum Gasteiger partial charge on any atom is 0.339 e. The minimum atomic E-state index is -1.48. The van der Waals surface area contributed by atoms with Crippen LogP contribution in [0, 0.1) is 116 Å². The number of epoxide rings is 1. The maximum absolute atomic E-state index is 17.8. The molecule has 1 aromatic heterocycles. The molecule has 7 aliphatic heterocycles. The van der Waals surface area contributed by atoms with Crippen molar-refractivity contribution in [2.75, 3.05) is 26.4 Å². The molecule has 5 bridgehead atoms. The topological polar surface area (TPSA) is 181 Å². The summed E-state index contributed by atoms with van der Waals surface area (Å²) in [6.45, 7) is 6.44. The zero-order valence-electron chi connectivity index (χ0n) is 52.2. The standard InChI is InChI=1S/C75H96N2O11/c1-41-51-17-7-6-14-44(51)20-26-69(41)24-10-25-72-58(69)33-50-32-48-16-9-23-70(48)36-47-35-68(2)64(53-22-28-84-57(53)34-54(56(79)38-78)45-18-19-52-46(31-45)21-27-77-40-76-37-55(52)77)86-67(83)65-75(68,87-65)73(49-15-8-13-43(30-49)29-42-11-4-3-5-12-42)60(47)71(61(72)59(80)63(73)81)39-85-66(82)62(70)74(50,71)88-72/h3-5,11-12,21-22,27-28,33,41,43-49,51-52,54-56,58,60-65,76,78-79,81H,6-10,13-20,23-26,29-32,34-40H2,1-2H3. The maximum atomic E-state index is 17.8. The zero-order chi connectivity index (χ0) is 59.3. The van der Waals surface area contributed by atoms with E-state index in [1.54, 1.807) is 6.26 Å². The average molecular weight is 1200 g/mol. The number of ketones is 1. The van der Waals surface area contributed by atoms with Crippen LogP contribution in [0.4, 0.5) is 0 Å². The number of aliphatic hydroxyl groups excluding tert-OH is 3. The molecule has 13 heteroatoms. The third-order valence-electron chi connectivity index (χ3n) is 31.6. The number of cyclic esters (lactones) is 2. The first-order valence-electron chi connectivity index (χ1n) is 36.0. The molecule has 5 saturated heterocycles. The Balaban J connectivity index is 0.798. The Bertz CT molecular complexity index is 3290. The molecular formula is C75H96N2O11. The highest BCUT2D eigenvalue weighted by atomic mass is 16.7. The summed E-state index contributed by atoms with van der Waals surface area (Å²) in [6, 6.07) is 13.3. The molecule has 15 fully saturated rings. The highest BCUT2D eigenvalue weighted by molar-refractivity contribution is 5.94. The molecule has 4 N–H and O–H groups in total. The summed E-state index contributed by atoms with van der Waals surface area (Å²) in [5.41, 5.74) is -3.89. The largest absolute Gasteiger partial charge is 0.469 e. The number of carbonyl (C=O) groups is 3. The Hall–Kier alpha value is -3.85. The molecule has 28 atom stereocenters. The Morgan fingerprint density at radius 1 is 0.818 bits per heavy atom. The fraction of sp³-hybridized carbons (Fsp3) is 0.773. The van der Waals surface area contributed by atoms with E-state index in [0.717, 1.165) is 134 Å². The minimum Gasteiger partial charge on any atom is -0.469 e. The van der Waals surface area contributed by atoms with E-state index in [1.807, 2.05) is 6.07 Å². The van der Waals surface area contributed by atoms with Crippen LogP contribution < -0.4 is 5.32 Å². The second kappa shape index (κ2) is 18.9. The molecule has 28 unspecified atom stereocenters. The van der Waals surface area contributed by atoms with E-state index in [9.17, 15) is 15.3 Å². The van der Waals surface area contributed by atoms with E-state index in [1.165, 1.54) is 43.2 Å². The van der Waals surface area contributed by atoms with Crippen LogP contribution in [-0.2, 0) is 46.2 Å². The summed E-state index contributed by atoms with van der Waals surface area (Å²) in [6.07, 6.45) is 27.8. The van der Waals surface area contributed by atoms with Crippen LogP contribution in [0.2, 0.25) is 0 Å². The molecule has 10 saturated carbocycles. The Morgan fingerprint density at radius 3 is 2.55 bits per heavy atom. The number of hydrogen-bond donors (Lipinski definition) is 4. The fourth-order valence-electron chi connectivity index (χ4n) is 29.1. The molecule has 0 amide bonds. The first kappa shape index (κ1) is 55.8. The van der Waals surface area contributed by atoms with Crippen molar-refractivity contribution in [3.8, 4) is 0 Å². The summed E-state index contributed by atoms with van der Waals surface area (Å²) in [5.74, 6) is 0.869. The van der Waals surface area contributed by atoms with E-state index in [2.05, 4.69) is 72.7 Å². The molecule has 19 rings (SSSR count). The van der Waals surface area contributed by atoms with Gasteiger partial charge in [-0.15, -0.1) is 0 Å². The number of furan rings is 1. The van der Waals surface area contributed by atoms with Crippen molar-refractivity contribution in [2.45, 2.75) is 215 Å². The number of carbonyl (C=O) groups excluding carboxylic acids is 3. The van der Waals surface area contributed by atoms with Gasteiger partial charge in [0.2, 0.25) is 0 Å². The van der Waals surface area contributed by atoms with Crippen LogP contribution in [0.1, 0.15) is 178 Å². The minimum absolute atomic E-state index is 0.0290. The van der Waals surface area contributed by atoms with Gasteiger partial charge < -0.3 is 43.6 Å². The Kier molecular flexibility index (Phi) is 12.0. The van der Waals surface area contributed by atoms with Crippen molar-refractivity contribution in [1.82, 2.24) is 10.2 Å². The lowest BCUT2D eigenvalue weighted by molar-refractivity contribution is -0.301. The van der Waals surface area contributed by atoms with Crippen LogP contribution in [0.5, 0.6) is 0 Å². The number of esters is 2. The number of benzene rings is 1. The van der Waals surface area contributed by atoms with Gasteiger partial charge in [-0.1, -0.05) is 94.9 Å². The number of hydrogen-bond acceptors (Lipinski definition) is 13. The van der Waals surface area contributed by atoms with Gasteiger partial charge in [0, 0.05) is 41.3 Å². The van der Waals surface area contributed by atoms with Crippen LogP contribution >= 0.6 is 0 Å². The number of Topliss-reactive ketones (excluding diaryl/α,β-unsaturated/α-hetero) is 1. The normalized spacial score (nSPS) is 53.4. The van der Waals surface area contributed by atoms with Crippen molar-refractivity contribution in [2.24, 2.45) is 116 Å². The molecule has 88 heavy (non-hydrogen) atoms. The predicted octanol–water partition coefficient (Wildman–Crippen LogP) is 10.8. The molecule has 17 aliphatic rings. The summed E-state index contributed by atoms with van der Waals surface area (Å²) in [7, 11) is 0. The second-order valence-electron chi connectivity index (χ2n) is 33.7. The molecule has 6 spiro atoms. The first-order chi connectivity index (χ1) is 42.7. The number of nitrogens with one attached hydrogen (secondary N) is 1. The van der Waals surface area contributed by atoms with Crippen molar-refractivity contribution in [1.29, 1.82) is 0 Å². The van der Waals surface area contributed by atoms with Crippen molar-refractivity contribution in [3.63, 3.8) is 0 Å². The van der Waals surface area contributed by atoms with Gasteiger partial charge in [0.05, 0.1) is 48.5 Å². The Morgan fingerprint density at radius 2 is 1.67 bits per heavy atom. The highest BCUT2D eigenvalue weighted by Gasteiger charge is 2.99. The quantitative estimate of drug-likeness (QED) is 0.106. The van der Waals surface area contributed by atoms with Crippen molar-refractivity contribution >= 4 is 17.7 Å². The van der Waals surface area contributed by atoms with E-state index < -0.39 is 80.7 Å². The van der Waals surface area contributed by atoms with Crippen LogP contribution in [0.15, 0.2) is 71.0 Å². The number of nitrogens with zero attached hydrogens (tertiary/aromatic N) is 1. The monoisotopic (exact) mass is 1200 g/mol. The molecule has 0 radical (unpaired) electrons. The number of ether oxygens (including phenoxy) is 4. The van der Waals surface area contributed by atoms with Gasteiger partial charge in [-0.05, 0) is 214 Å². The lowest BCUT2D eigenvalue weighted by Gasteiger charge is -2.73. The third kappa shape index (κ3) is 6.52. The van der Waals surface area contributed by atoms with Crippen LogP contribution in [0.25, 0.3) is 0 Å². The first-order valence-corrected chi connectivity index (χ1v) is 36.0. The van der Waals surface area contributed by atoms with Crippen molar-refractivity contribution < 1.29 is 53.1 Å². The number of allylic oxidation sites excluding steroid dienone is 1. The van der Waals surface area contributed by atoms with E-state index in [0.29, 0.717) is 48.3 Å². The van der Waals surface area contributed by atoms with Gasteiger partial charge in [0.1, 0.15) is 35.8 Å². The average Bonchev–Trinajstić information content (AvgIpc) is 1.41. The highest BCUT2D eigenvalue weighted by Crippen LogP contribution is 2.91. The molecule has 10 aliphatic carbocycles. The summed E-state index contributed by atoms with van der Waals surface area (Å²) in [5, 5.41) is 41.5. The number of aliphatic hydroxyl groups is 3. The molecule has 1 aromatic carbocycles. The lowest BCUT2D eigenvalue weighted by Crippen LogP contribution is -2.82. The zero-order valence-corrected chi connectivity index (χ0v) is 52.2. The molecule has 13 nitrogen and oxygen atoms in total. The van der Waals surface area contributed by atoms with Gasteiger partial charge in [0.25, 0.3) is 0 Å². The van der Waals surface area contributed by atoms with Crippen LogP contribution in [-0.4, -0.2) is 106 Å². The number of fused-ring (bicyclic) bond motifs is 5.